The third-order valence-electron chi connectivity index (χ3n) is 3.66. The van der Waals surface area contributed by atoms with Crippen molar-refractivity contribution in [3.63, 3.8) is 0 Å². The minimum atomic E-state index is -0.966. The second-order valence-corrected chi connectivity index (χ2v) is 8.80. The first-order chi connectivity index (χ1) is 14.1. The molecule has 2 unspecified atom stereocenters. The van der Waals surface area contributed by atoms with E-state index in [-0.39, 0.29) is 12.2 Å². The van der Waals surface area contributed by atoms with E-state index < -0.39 is 24.0 Å². The van der Waals surface area contributed by atoms with Crippen LogP contribution in [0.15, 0.2) is 0 Å². The lowest BCUT2D eigenvalue weighted by atomic mass is 10.2. The van der Waals surface area contributed by atoms with Crippen LogP contribution in [-0.4, -0.2) is 83.9 Å². The summed E-state index contributed by atoms with van der Waals surface area (Å²) in [7, 11) is 0. The number of aliphatic hydroxyl groups excluding tert-OH is 2. The van der Waals surface area contributed by atoms with E-state index in [0.717, 1.165) is 37.2 Å². The molecule has 12 heteroatoms. The zero-order valence-corrected chi connectivity index (χ0v) is 20.2. The van der Waals surface area contributed by atoms with Crippen molar-refractivity contribution in [1.82, 2.24) is 0 Å². The summed E-state index contributed by atoms with van der Waals surface area (Å²) < 4.78 is 7.83. The molecule has 0 saturated carbocycles. The van der Waals surface area contributed by atoms with Crippen LogP contribution >= 0.6 is 23.5 Å². The number of nitrogens with two attached hydrogens (primary N) is 2. The summed E-state index contributed by atoms with van der Waals surface area (Å²) in [6, 6.07) is -1.58. The van der Waals surface area contributed by atoms with Gasteiger partial charge in [0, 0.05) is 11.5 Å². The Bertz CT molecular complexity index is 387. The first kappa shape index (κ1) is 34.1. The molecule has 4 atom stereocenters. The third kappa shape index (κ3) is 25.5. The maximum Gasteiger partial charge on any atom is 0.321 e. The highest BCUT2D eigenvalue weighted by atomic mass is 32.2. The molecule has 0 aliphatic rings. The lowest BCUT2D eigenvalue weighted by Crippen LogP contribution is -2.32. The highest BCUT2D eigenvalue weighted by molar-refractivity contribution is 7.99. The maximum absolute atomic E-state index is 10.3. The van der Waals surface area contributed by atoms with Crippen molar-refractivity contribution in [2.24, 2.45) is 11.5 Å². The minimum absolute atomic E-state index is 0.256. The Morgan fingerprint density at radius 1 is 0.767 bits per heavy atom. The minimum Gasteiger partial charge on any atom is -0.480 e. The Labute approximate surface area is 193 Å². The predicted octanol–water partition coefficient (Wildman–Crippen LogP) is 1.03. The highest BCUT2D eigenvalue weighted by Crippen LogP contribution is 2.10. The molecule has 0 amide bonds. The number of carboxylic acid groups (broad SMARTS) is 2. The number of rotatable bonds is 16. The summed E-state index contributed by atoms with van der Waals surface area (Å²) >= 11 is 5.79. The normalized spacial score (nSPS) is 14.2. The summed E-state index contributed by atoms with van der Waals surface area (Å²) in [5.74, 6) is 0.422. The molecular weight excluding hydrogens is 452 g/mol. The third-order valence-corrected chi connectivity index (χ3v) is 5.90. The van der Waals surface area contributed by atoms with Crippen molar-refractivity contribution in [1.29, 1.82) is 0 Å². The second-order valence-electron chi connectivity index (χ2n) is 6.50. The molecule has 0 aromatic carbocycles. The van der Waals surface area contributed by atoms with Gasteiger partial charge in [0.1, 0.15) is 12.1 Å². The Balaban J connectivity index is -0.000000448. The van der Waals surface area contributed by atoms with Crippen LogP contribution in [0.4, 0.5) is 0 Å². The molecule has 0 aromatic heterocycles. The fourth-order valence-corrected chi connectivity index (χ4v) is 3.96. The van der Waals surface area contributed by atoms with Gasteiger partial charge in [0.25, 0.3) is 0 Å². The molecule has 9 nitrogen and oxygen atoms in total. The van der Waals surface area contributed by atoms with E-state index in [1.165, 1.54) is 23.5 Å². The predicted molar refractivity (Wildman–Crippen MR) is 125 cm³/mol. The molecule has 0 radical (unpaired) electrons. The lowest BCUT2D eigenvalue weighted by molar-refractivity contribution is -0.138. The average Bonchev–Trinajstić information content (AvgIpc) is 2.70. The topological polar surface area (TPSA) is 184 Å². The Kier molecular flexibility index (Phi) is 28.2. The van der Waals surface area contributed by atoms with E-state index >= 15 is 0 Å². The second kappa shape index (κ2) is 24.8. The first-order valence-electron chi connectivity index (χ1n) is 9.80. The van der Waals surface area contributed by atoms with E-state index in [9.17, 15) is 19.8 Å². The van der Waals surface area contributed by atoms with Gasteiger partial charge in [-0.25, -0.2) is 0 Å². The fourth-order valence-electron chi connectivity index (χ4n) is 1.96. The summed E-state index contributed by atoms with van der Waals surface area (Å²) in [4.78, 5) is 20.7. The number of hydrogen-bond donors (Lipinski definition) is 6. The molecule has 0 fully saturated rings. The van der Waals surface area contributed by atoms with Crippen LogP contribution in [0.2, 0.25) is 0 Å². The van der Waals surface area contributed by atoms with Gasteiger partial charge in [-0.3, -0.25) is 9.59 Å². The van der Waals surface area contributed by atoms with E-state index in [1.54, 1.807) is 0 Å². The van der Waals surface area contributed by atoms with Crippen molar-refractivity contribution < 1.29 is 34.2 Å². The van der Waals surface area contributed by atoms with Crippen molar-refractivity contribution in [2.75, 3.05) is 23.0 Å². The van der Waals surface area contributed by atoms with Gasteiger partial charge < -0.3 is 31.9 Å². The van der Waals surface area contributed by atoms with Gasteiger partial charge >= 0.3 is 11.9 Å². The molecule has 0 aliphatic heterocycles. The number of carboxylic acids is 2. The fraction of sp³-hybridized carbons (Fsp3) is 0.889. The maximum atomic E-state index is 10.3. The van der Waals surface area contributed by atoms with Crippen LogP contribution in [0.3, 0.4) is 0 Å². The molecule has 0 rings (SSSR count). The zero-order valence-electron chi connectivity index (χ0n) is 17.8. The molecular formula is C18H38N2O7S3. The number of carbonyl (C=O) groups is 2. The highest BCUT2D eigenvalue weighted by Gasteiger charge is 2.12. The number of hydrogen-bond acceptors (Lipinski definition) is 10. The summed E-state index contributed by atoms with van der Waals surface area (Å²) in [5.41, 5.74) is 10.6. The lowest BCUT2D eigenvalue weighted by Gasteiger charge is -2.09. The Hall–Kier alpha value is -0.500. The van der Waals surface area contributed by atoms with Crippen LogP contribution in [0, 0.1) is 0 Å². The van der Waals surface area contributed by atoms with Crippen LogP contribution in [0.5, 0.6) is 0 Å². The van der Waals surface area contributed by atoms with E-state index in [4.69, 9.17) is 25.9 Å². The molecule has 0 saturated heterocycles. The molecule has 0 spiro atoms. The first-order valence-corrected chi connectivity index (χ1v) is 12.4. The summed E-state index contributed by atoms with van der Waals surface area (Å²) in [6.45, 7) is 4.05. The molecule has 30 heavy (non-hydrogen) atoms. The van der Waals surface area contributed by atoms with Crippen molar-refractivity contribution in [2.45, 2.75) is 76.7 Å². The van der Waals surface area contributed by atoms with Gasteiger partial charge in [-0.05, 0) is 37.2 Å². The van der Waals surface area contributed by atoms with Crippen molar-refractivity contribution in [3.05, 3.63) is 0 Å². The molecule has 180 valence electrons. The Morgan fingerprint density at radius 3 is 1.30 bits per heavy atom. The Morgan fingerprint density at radius 2 is 1.07 bits per heavy atom. The molecule has 0 aromatic rings. The van der Waals surface area contributed by atoms with Gasteiger partial charge in [-0.1, -0.05) is 26.7 Å². The van der Waals surface area contributed by atoms with E-state index in [2.05, 4.69) is 12.5 Å². The summed E-state index contributed by atoms with van der Waals surface area (Å²) in [6.07, 6.45) is 4.48. The smallest absolute Gasteiger partial charge is 0.321 e. The monoisotopic (exact) mass is 490 g/mol. The molecule has 0 heterocycles. The van der Waals surface area contributed by atoms with E-state index in [0.29, 0.717) is 24.3 Å². The number of aliphatic carboxylic acids is 2. The van der Waals surface area contributed by atoms with Gasteiger partial charge in [0.05, 0.1) is 12.2 Å². The van der Waals surface area contributed by atoms with Gasteiger partial charge in [-0.15, -0.1) is 0 Å². The van der Waals surface area contributed by atoms with E-state index in [1.807, 2.05) is 13.8 Å². The molecule has 0 aliphatic carbocycles. The number of thioether (sulfide) groups is 2. The van der Waals surface area contributed by atoms with Crippen molar-refractivity contribution in [3.8, 4) is 0 Å². The van der Waals surface area contributed by atoms with Crippen LogP contribution in [0.25, 0.3) is 0 Å². The van der Waals surface area contributed by atoms with Gasteiger partial charge in [0.2, 0.25) is 0 Å². The standard InChI is InChI=1S/2C9H19NO3S.OS/c2*1-2-3-7(11)4-5-14-6-8(10)9(12)13;1-2/h2*7-8,11H,2-6,10H2,1H3,(H,12,13);/t2*7?,8-;/m00./s1. The number of aliphatic hydroxyl groups is 2. The average molecular weight is 491 g/mol. The van der Waals surface area contributed by atoms with Crippen LogP contribution in [-0.2, 0) is 22.1 Å². The largest absolute Gasteiger partial charge is 0.480 e. The molecule has 8 N–H and O–H groups in total. The quantitative estimate of drug-likeness (QED) is 0.169. The summed E-state index contributed by atoms with van der Waals surface area (Å²) in [5, 5.41) is 35.7. The van der Waals surface area contributed by atoms with Crippen molar-refractivity contribution >= 4 is 48.0 Å². The van der Waals surface area contributed by atoms with Crippen LogP contribution < -0.4 is 11.5 Å². The van der Waals surface area contributed by atoms with Gasteiger partial charge in [-0.2, -0.15) is 27.7 Å². The molecule has 0 bridgehead atoms. The zero-order chi connectivity index (χ0) is 23.9. The van der Waals surface area contributed by atoms with Crippen LogP contribution in [0.1, 0.15) is 52.4 Å². The SMILES string of the molecule is CCCC(O)CCSC[C@H](N)C(=O)O.CCCC(O)CCSC[C@H](N)C(=O)O.O=S. The van der Waals surface area contributed by atoms with Gasteiger partial charge in [0.15, 0.2) is 12.5 Å².